The van der Waals surface area contributed by atoms with Crippen LogP contribution in [0, 0.1) is 0 Å². The minimum Gasteiger partial charge on any atom is -0.475 e. The van der Waals surface area contributed by atoms with Crippen molar-refractivity contribution in [3.63, 3.8) is 0 Å². The second-order valence-corrected chi connectivity index (χ2v) is 11.7. The summed E-state index contributed by atoms with van der Waals surface area (Å²) in [6.07, 6.45) is -1.99. The number of hydrogen-bond donors (Lipinski definition) is 2. The quantitative estimate of drug-likeness (QED) is 0.167. The first-order valence-electron chi connectivity index (χ1n) is 15.8. The molecule has 0 bridgehead atoms. The van der Waals surface area contributed by atoms with Gasteiger partial charge in [-0.15, -0.1) is 0 Å². The van der Waals surface area contributed by atoms with E-state index in [1.54, 1.807) is 6.92 Å². The number of hydrogen-bond acceptors (Lipinski definition) is 4. The molecule has 1 amide bonds. The fourth-order valence-electron chi connectivity index (χ4n) is 5.65. The Hall–Kier alpha value is -4.47. The molecule has 248 valence electrons. The molecule has 1 aliphatic rings. The first-order chi connectivity index (χ1) is 22.6. The predicted molar refractivity (Wildman–Crippen MR) is 178 cm³/mol. The van der Waals surface area contributed by atoms with Crippen molar-refractivity contribution in [2.24, 2.45) is 0 Å². The zero-order chi connectivity index (χ0) is 33.6. The summed E-state index contributed by atoms with van der Waals surface area (Å²) in [6.45, 7) is 7.27. The highest BCUT2D eigenvalue weighted by atomic mass is 19.4. The second kappa shape index (κ2) is 17.4. The van der Waals surface area contributed by atoms with Crippen LogP contribution < -0.4 is 5.32 Å². The number of halogens is 3. The first-order valence-corrected chi connectivity index (χ1v) is 15.8. The van der Waals surface area contributed by atoms with E-state index in [2.05, 4.69) is 124 Å². The summed E-state index contributed by atoms with van der Waals surface area (Å²) in [4.78, 5) is 26.1. The number of rotatable bonds is 11. The number of carboxylic acids is 1. The molecule has 2 N–H and O–H groups in total. The Morgan fingerprint density at radius 2 is 1.26 bits per heavy atom. The molecule has 1 aliphatic heterocycles. The molecular formula is C38H42F3N3O3. The van der Waals surface area contributed by atoms with Gasteiger partial charge >= 0.3 is 12.1 Å². The summed E-state index contributed by atoms with van der Waals surface area (Å²) in [7, 11) is 0. The van der Waals surface area contributed by atoms with Crippen LogP contribution in [0.25, 0.3) is 11.1 Å². The van der Waals surface area contributed by atoms with Crippen molar-refractivity contribution in [1.29, 1.82) is 0 Å². The molecule has 4 aromatic rings. The Balaban J connectivity index is 0.000000644. The maximum atomic E-state index is 12.6. The molecule has 1 saturated heterocycles. The predicted octanol–water partition coefficient (Wildman–Crippen LogP) is 7.33. The third-order valence-corrected chi connectivity index (χ3v) is 8.25. The summed E-state index contributed by atoms with van der Waals surface area (Å²) < 4.78 is 31.7. The molecule has 9 heteroatoms. The Morgan fingerprint density at radius 3 is 1.74 bits per heavy atom. The van der Waals surface area contributed by atoms with Crippen LogP contribution in [0.2, 0.25) is 0 Å². The van der Waals surface area contributed by atoms with Gasteiger partial charge in [0, 0.05) is 45.7 Å². The van der Waals surface area contributed by atoms with Crippen molar-refractivity contribution in [1.82, 2.24) is 15.1 Å². The highest BCUT2D eigenvalue weighted by molar-refractivity contribution is 5.74. The SMILES string of the molecule is CC(=O)N(Cc1ccc(-c2ccc(CNCCc3ccccc3)cc2)cc1)C1CCN(Cc2ccccc2)CC1.O=C(O)C(F)(F)F. The Labute approximate surface area is 274 Å². The van der Waals surface area contributed by atoms with Gasteiger partial charge in [-0.2, -0.15) is 13.2 Å². The molecule has 0 saturated carbocycles. The summed E-state index contributed by atoms with van der Waals surface area (Å²) >= 11 is 0. The lowest BCUT2D eigenvalue weighted by molar-refractivity contribution is -0.192. The van der Waals surface area contributed by atoms with Crippen molar-refractivity contribution >= 4 is 11.9 Å². The van der Waals surface area contributed by atoms with Gasteiger partial charge in [-0.25, -0.2) is 4.79 Å². The standard InChI is InChI=1S/C36H41N3O.C2HF3O2/c1-29(40)39(36-21-24-38(25-22-36)27-32-10-6-3-7-11-32)28-33-14-18-35(19-15-33)34-16-12-31(13-17-34)26-37-23-20-30-8-4-2-5-9-30;3-2(4,5)1(6)7/h2-19,36-37H,20-28H2,1H3;(H,6,7). The number of nitrogens with one attached hydrogen (secondary N) is 1. The van der Waals surface area contributed by atoms with Crippen LogP contribution in [0.4, 0.5) is 13.2 Å². The average molecular weight is 646 g/mol. The van der Waals surface area contributed by atoms with Crippen LogP contribution in [-0.2, 0) is 35.6 Å². The number of carboxylic acid groups (broad SMARTS) is 1. The highest BCUT2D eigenvalue weighted by Gasteiger charge is 2.38. The minimum absolute atomic E-state index is 0.165. The number of amides is 1. The number of piperidine rings is 1. The van der Waals surface area contributed by atoms with Gasteiger partial charge in [0.2, 0.25) is 5.91 Å². The molecule has 0 atom stereocenters. The molecule has 0 spiro atoms. The van der Waals surface area contributed by atoms with Crippen molar-refractivity contribution in [2.45, 2.75) is 58.0 Å². The maximum Gasteiger partial charge on any atom is 0.490 e. The topological polar surface area (TPSA) is 72.9 Å². The summed E-state index contributed by atoms with van der Waals surface area (Å²) in [5, 5.41) is 10.7. The lowest BCUT2D eigenvalue weighted by Gasteiger charge is -2.38. The van der Waals surface area contributed by atoms with E-state index in [1.165, 1.54) is 33.4 Å². The number of carbonyl (C=O) groups excluding carboxylic acids is 1. The number of benzene rings is 4. The number of aliphatic carboxylic acids is 1. The van der Waals surface area contributed by atoms with E-state index in [0.29, 0.717) is 12.6 Å². The molecule has 5 rings (SSSR count). The van der Waals surface area contributed by atoms with Crippen molar-refractivity contribution < 1.29 is 27.9 Å². The molecule has 1 heterocycles. The Kier molecular flexibility index (Phi) is 13.1. The van der Waals surface area contributed by atoms with Gasteiger partial charge < -0.3 is 15.3 Å². The first kappa shape index (κ1) is 35.4. The van der Waals surface area contributed by atoms with E-state index in [0.717, 1.165) is 52.0 Å². The van der Waals surface area contributed by atoms with Gasteiger partial charge in [-0.1, -0.05) is 109 Å². The minimum atomic E-state index is -5.08. The molecule has 0 aromatic heterocycles. The number of likely N-dealkylation sites (tertiary alicyclic amines) is 1. The van der Waals surface area contributed by atoms with E-state index in [9.17, 15) is 18.0 Å². The second-order valence-electron chi connectivity index (χ2n) is 11.7. The lowest BCUT2D eigenvalue weighted by atomic mass is 10.00. The molecule has 0 aliphatic carbocycles. The summed E-state index contributed by atoms with van der Waals surface area (Å²) in [5.41, 5.74) is 7.62. The van der Waals surface area contributed by atoms with E-state index in [-0.39, 0.29) is 5.91 Å². The Morgan fingerprint density at radius 1 is 0.766 bits per heavy atom. The van der Waals surface area contributed by atoms with Gasteiger partial charge in [0.15, 0.2) is 0 Å². The summed E-state index contributed by atoms with van der Waals surface area (Å²) in [5.74, 6) is -2.59. The van der Waals surface area contributed by atoms with Crippen molar-refractivity contribution in [3.8, 4) is 11.1 Å². The lowest BCUT2D eigenvalue weighted by Crippen LogP contribution is -2.46. The molecule has 47 heavy (non-hydrogen) atoms. The van der Waals surface area contributed by atoms with Crippen LogP contribution in [0.1, 0.15) is 42.0 Å². The van der Waals surface area contributed by atoms with Crippen LogP contribution in [0.3, 0.4) is 0 Å². The fourth-order valence-corrected chi connectivity index (χ4v) is 5.65. The Bertz CT molecular complexity index is 1520. The largest absolute Gasteiger partial charge is 0.490 e. The third kappa shape index (κ3) is 11.7. The van der Waals surface area contributed by atoms with Gasteiger partial charge in [0.25, 0.3) is 0 Å². The van der Waals surface area contributed by atoms with Gasteiger partial charge in [-0.05, 0) is 59.2 Å². The number of nitrogens with zero attached hydrogens (tertiary/aromatic N) is 2. The van der Waals surface area contributed by atoms with Crippen LogP contribution in [0.15, 0.2) is 109 Å². The summed E-state index contributed by atoms with van der Waals surface area (Å²) in [6, 6.07) is 39.1. The van der Waals surface area contributed by atoms with Crippen LogP contribution in [0.5, 0.6) is 0 Å². The zero-order valence-corrected chi connectivity index (χ0v) is 26.6. The molecule has 1 fully saturated rings. The van der Waals surface area contributed by atoms with Gasteiger partial charge in [0.1, 0.15) is 0 Å². The van der Waals surface area contributed by atoms with Crippen LogP contribution >= 0.6 is 0 Å². The molecule has 0 unspecified atom stereocenters. The molecular weight excluding hydrogens is 603 g/mol. The molecule has 4 aromatic carbocycles. The smallest absolute Gasteiger partial charge is 0.475 e. The highest BCUT2D eigenvalue weighted by Crippen LogP contribution is 2.24. The van der Waals surface area contributed by atoms with E-state index >= 15 is 0 Å². The fraction of sp³-hybridized carbons (Fsp3) is 0.316. The van der Waals surface area contributed by atoms with Gasteiger partial charge in [-0.3, -0.25) is 9.69 Å². The molecule has 0 radical (unpaired) electrons. The normalized spacial score (nSPS) is 13.8. The number of alkyl halides is 3. The van der Waals surface area contributed by atoms with E-state index < -0.39 is 12.1 Å². The average Bonchev–Trinajstić information content (AvgIpc) is 3.07. The van der Waals surface area contributed by atoms with E-state index in [1.807, 2.05) is 0 Å². The van der Waals surface area contributed by atoms with Gasteiger partial charge in [0.05, 0.1) is 0 Å². The monoisotopic (exact) mass is 645 g/mol. The maximum absolute atomic E-state index is 12.6. The third-order valence-electron chi connectivity index (χ3n) is 8.25. The van der Waals surface area contributed by atoms with Crippen molar-refractivity contribution in [3.05, 3.63) is 131 Å². The zero-order valence-electron chi connectivity index (χ0n) is 26.6. The van der Waals surface area contributed by atoms with Crippen molar-refractivity contribution in [2.75, 3.05) is 19.6 Å². The van der Waals surface area contributed by atoms with Crippen LogP contribution in [-0.4, -0.2) is 58.6 Å². The molecule has 6 nitrogen and oxygen atoms in total. The van der Waals surface area contributed by atoms with E-state index in [4.69, 9.17) is 9.90 Å². The number of carbonyl (C=O) groups is 2.